The van der Waals surface area contributed by atoms with E-state index in [0.29, 0.717) is 6.54 Å². The summed E-state index contributed by atoms with van der Waals surface area (Å²) in [5.41, 5.74) is 1.95. The average Bonchev–Trinajstić information content (AvgIpc) is 2.97. The Bertz CT molecular complexity index is 697. The van der Waals surface area contributed by atoms with Crippen LogP contribution < -0.4 is 9.64 Å². The van der Waals surface area contributed by atoms with Gasteiger partial charge in [-0.15, -0.1) is 0 Å². The Balaban J connectivity index is 1.77. The zero-order chi connectivity index (χ0) is 16.4. The van der Waals surface area contributed by atoms with Crippen LogP contribution in [-0.2, 0) is 18.4 Å². The summed E-state index contributed by atoms with van der Waals surface area (Å²) in [7, 11) is 3.55. The number of benzene rings is 1. The number of piperazine rings is 1. The summed E-state index contributed by atoms with van der Waals surface area (Å²) < 4.78 is 7.24. The minimum absolute atomic E-state index is 0.0999. The maximum atomic E-state index is 12.8. The number of aryl methyl sites for hydroxylation is 1. The Hall–Kier alpha value is -2.34. The van der Waals surface area contributed by atoms with Gasteiger partial charge in [0.2, 0.25) is 5.91 Å². The smallest absolute Gasteiger partial charge is 0.244 e. The largest absolute Gasteiger partial charge is 0.495 e. The third-order valence-electron chi connectivity index (χ3n) is 4.45. The molecule has 1 amide bonds. The van der Waals surface area contributed by atoms with Crippen LogP contribution in [0.3, 0.4) is 0 Å². The molecule has 23 heavy (non-hydrogen) atoms. The van der Waals surface area contributed by atoms with E-state index in [1.54, 1.807) is 13.3 Å². The first-order chi connectivity index (χ1) is 11.1. The van der Waals surface area contributed by atoms with Gasteiger partial charge in [0.25, 0.3) is 0 Å². The Morgan fingerprint density at radius 2 is 2.04 bits per heavy atom. The lowest BCUT2D eigenvalue weighted by Crippen LogP contribution is -2.55. The van der Waals surface area contributed by atoms with E-state index >= 15 is 0 Å². The third kappa shape index (κ3) is 2.94. The molecule has 6 heteroatoms. The maximum Gasteiger partial charge on any atom is 0.244 e. The molecular weight excluding hydrogens is 292 g/mol. The highest BCUT2D eigenvalue weighted by molar-refractivity contribution is 5.98. The highest BCUT2D eigenvalue weighted by Gasteiger charge is 2.33. The molecule has 1 aliphatic heterocycles. The van der Waals surface area contributed by atoms with Crippen molar-refractivity contribution in [3.63, 3.8) is 0 Å². The molecule has 2 aromatic rings. The van der Waals surface area contributed by atoms with Crippen molar-refractivity contribution in [3.05, 3.63) is 42.2 Å². The molecule has 6 nitrogen and oxygen atoms in total. The number of amides is 1. The van der Waals surface area contributed by atoms with E-state index in [0.717, 1.165) is 30.2 Å². The molecule has 3 rings (SSSR count). The van der Waals surface area contributed by atoms with Gasteiger partial charge in [0.1, 0.15) is 5.75 Å². The number of ether oxygens (including phenoxy) is 1. The zero-order valence-electron chi connectivity index (χ0n) is 13.8. The third-order valence-corrected chi connectivity index (χ3v) is 4.45. The number of para-hydroxylation sites is 2. The Morgan fingerprint density at radius 3 is 2.74 bits per heavy atom. The van der Waals surface area contributed by atoms with Gasteiger partial charge in [0, 0.05) is 32.9 Å². The number of hydrogen-bond acceptors (Lipinski definition) is 4. The van der Waals surface area contributed by atoms with Gasteiger partial charge in [-0.1, -0.05) is 12.1 Å². The van der Waals surface area contributed by atoms with Crippen LogP contribution in [0, 0.1) is 0 Å². The summed E-state index contributed by atoms with van der Waals surface area (Å²) in [6.45, 7) is 4.15. The van der Waals surface area contributed by atoms with Crippen LogP contribution in [0.5, 0.6) is 5.75 Å². The number of anilines is 1. The van der Waals surface area contributed by atoms with Crippen LogP contribution in [0.1, 0.15) is 12.6 Å². The van der Waals surface area contributed by atoms with Crippen LogP contribution in [0.4, 0.5) is 5.69 Å². The van der Waals surface area contributed by atoms with Crippen LogP contribution in [-0.4, -0.2) is 46.8 Å². The number of carbonyl (C=O) groups excluding carboxylic acids is 1. The fourth-order valence-electron chi connectivity index (χ4n) is 2.99. The molecular formula is C17H22N4O2. The van der Waals surface area contributed by atoms with Gasteiger partial charge in [-0.2, -0.15) is 5.10 Å². The molecule has 0 aliphatic carbocycles. The number of rotatable bonds is 4. The minimum Gasteiger partial charge on any atom is -0.495 e. The number of carbonyl (C=O) groups is 1. The van der Waals surface area contributed by atoms with Gasteiger partial charge in [-0.25, -0.2) is 0 Å². The Morgan fingerprint density at radius 1 is 1.26 bits per heavy atom. The van der Waals surface area contributed by atoms with Crippen LogP contribution in [0.2, 0.25) is 0 Å². The first kappa shape index (κ1) is 15.6. The van der Waals surface area contributed by atoms with Gasteiger partial charge in [-0.05, 0) is 25.1 Å². The second-order valence-electron chi connectivity index (χ2n) is 5.75. The second kappa shape index (κ2) is 6.42. The fraction of sp³-hybridized carbons (Fsp3) is 0.412. The summed E-state index contributed by atoms with van der Waals surface area (Å²) >= 11 is 0. The molecule has 0 bridgehead atoms. The minimum atomic E-state index is -0.177. The van der Waals surface area contributed by atoms with Gasteiger partial charge in [0.15, 0.2) is 0 Å². The number of hydrogen-bond donors (Lipinski definition) is 0. The monoisotopic (exact) mass is 314 g/mol. The van der Waals surface area contributed by atoms with E-state index in [4.69, 9.17) is 4.74 Å². The summed E-state index contributed by atoms with van der Waals surface area (Å²) in [4.78, 5) is 16.8. The maximum absolute atomic E-state index is 12.8. The standard InChI is InChI=1S/C17H22N4O2/c1-13-17(22)21(15-6-4-5-7-16(15)23-3)11-10-20(13)12-14-8-9-18-19(14)2/h4-9,13H,10-12H2,1-3H3/t13-/m0/s1. The SMILES string of the molecule is COc1ccccc1N1CCN(Cc2ccnn2C)[C@@H](C)C1=O. The quantitative estimate of drug-likeness (QED) is 0.861. The van der Waals surface area contributed by atoms with E-state index in [1.165, 1.54) is 0 Å². The summed E-state index contributed by atoms with van der Waals surface area (Å²) in [5, 5.41) is 4.19. The highest BCUT2D eigenvalue weighted by atomic mass is 16.5. The highest BCUT2D eigenvalue weighted by Crippen LogP contribution is 2.30. The van der Waals surface area contributed by atoms with Gasteiger partial charge in [0.05, 0.1) is 24.5 Å². The van der Waals surface area contributed by atoms with Crippen LogP contribution in [0.25, 0.3) is 0 Å². The van der Waals surface area contributed by atoms with Crippen LogP contribution in [0.15, 0.2) is 36.5 Å². The number of aromatic nitrogens is 2. The molecule has 0 radical (unpaired) electrons. The molecule has 2 heterocycles. The molecule has 0 unspecified atom stereocenters. The predicted octanol–water partition coefficient (Wildman–Crippen LogP) is 1.67. The van der Waals surface area contributed by atoms with Crippen molar-refractivity contribution < 1.29 is 9.53 Å². The first-order valence-electron chi connectivity index (χ1n) is 7.77. The molecule has 1 saturated heterocycles. The zero-order valence-corrected chi connectivity index (χ0v) is 13.8. The summed E-state index contributed by atoms with van der Waals surface area (Å²) in [5.74, 6) is 0.830. The molecule has 0 spiro atoms. The fourth-order valence-corrected chi connectivity index (χ4v) is 2.99. The van der Waals surface area contributed by atoms with Gasteiger partial charge in [-0.3, -0.25) is 14.4 Å². The molecule has 0 N–H and O–H groups in total. The van der Waals surface area contributed by atoms with Crippen molar-refractivity contribution in [2.75, 3.05) is 25.1 Å². The lowest BCUT2D eigenvalue weighted by molar-refractivity contribution is -0.125. The topological polar surface area (TPSA) is 50.6 Å². The molecule has 1 aliphatic rings. The predicted molar refractivity (Wildman–Crippen MR) is 88.4 cm³/mol. The van der Waals surface area contributed by atoms with Crippen molar-refractivity contribution in [1.29, 1.82) is 0 Å². The Kier molecular flexibility index (Phi) is 4.34. The lowest BCUT2D eigenvalue weighted by atomic mass is 10.1. The van der Waals surface area contributed by atoms with E-state index in [-0.39, 0.29) is 11.9 Å². The molecule has 1 aromatic heterocycles. The molecule has 1 atom stereocenters. The second-order valence-corrected chi connectivity index (χ2v) is 5.75. The summed E-state index contributed by atoms with van der Waals surface area (Å²) in [6.07, 6.45) is 1.78. The lowest BCUT2D eigenvalue weighted by Gasteiger charge is -2.39. The van der Waals surface area contributed by atoms with E-state index < -0.39 is 0 Å². The molecule has 1 aromatic carbocycles. The van der Waals surface area contributed by atoms with Gasteiger partial charge < -0.3 is 9.64 Å². The molecule has 122 valence electrons. The average molecular weight is 314 g/mol. The van der Waals surface area contributed by atoms with E-state index in [9.17, 15) is 4.79 Å². The van der Waals surface area contributed by atoms with E-state index in [2.05, 4.69) is 10.00 Å². The van der Waals surface area contributed by atoms with E-state index in [1.807, 2.05) is 53.9 Å². The van der Waals surface area contributed by atoms with Crippen LogP contribution >= 0.6 is 0 Å². The molecule has 1 fully saturated rings. The summed E-state index contributed by atoms with van der Waals surface area (Å²) in [6, 6.07) is 9.47. The Labute approximate surface area is 136 Å². The normalized spacial score (nSPS) is 19.2. The molecule has 0 saturated carbocycles. The van der Waals surface area contributed by atoms with Gasteiger partial charge >= 0.3 is 0 Å². The number of nitrogens with zero attached hydrogens (tertiary/aromatic N) is 4. The van der Waals surface area contributed by atoms with Crippen molar-refractivity contribution >= 4 is 11.6 Å². The van der Waals surface area contributed by atoms with Crippen molar-refractivity contribution in [3.8, 4) is 5.75 Å². The van der Waals surface area contributed by atoms with Crippen molar-refractivity contribution in [2.45, 2.75) is 19.5 Å². The van der Waals surface area contributed by atoms with Crippen molar-refractivity contribution in [1.82, 2.24) is 14.7 Å². The first-order valence-corrected chi connectivity index (χ1v) is 7.77. The van der Waals surface area contributed by atoms with Crippen molar-refractivity contribution in [2.24, 2.45) is 7.05 Å². The number of methoxy groups -OCH3 is 1.